The maximum Gasteiger partial charge on any atom is 0.326 e. The zero-order chi connectivity index (χ0) is 13.8. The standard InChI is InChI=1S/C13H22N2O4/c1-9(10-4-7-19-8-5-10)14-13(18)15-6-2-3-11(15)12(16)17/h9-11H,2-8H2,1H3,(H,14,18)(H,16,17). The number of carbonyl (C=O) groups is 2. The first-order valence-electron chi connectivity index (χ1n) is 6.97. The highest BCUT2D eigenvalue weighted by Crippen LogP contribution is 2.21. The molecule has 0 saturated carbocycles. The van der Waals surface area contributed by atoms with E-state index in [9.17, 15) is 9.59 Å². The molecule has 0 bridgehead atoms. The van der Waals surface area contributed by atoms with Gasteiger partial charge in [-0.25, -0.2) is 9.59 Å². The van der Waals surface area contributed by atoms with Gasteiger partial charge in [0.05, 0.1) is 0 Å². The number of carboxylic acids is 1. The molecule has 0 radical (unpaired) electrons. The highest BCUT2D eigenvalue weighted by atomic mass is 16.5. The molecule has 6 heteroatoms. The Kier molecular flexibility index (Phi) is 4.63. The van der Waals surface area contributed by atoms with Crippen LogP contribution in [0.5, 0.6) is 0 Å². The highest BCUT2D eigenvalue weighted by molar-refractivity contribution is 5.83. The van der Waals surface area contributed by atoms with Crippen LogP contribution in [0.3, 0.4) is 0 Å². The third-order valence-corrected chi connectivity index (χ3v) is 4.12. The molecular weight excluding hydrogens is 248 g/mol. The highest BCUT2D eigenvalue weighted by Gasteiger charge is 2.35. The van der Waals surface area contributed by atoms with Crippen molar-refractivity contribution in [2.24, 2.45) is 5.92 Å². The van der Waals surface area contributed by atoms with Gasteiger partial charge in [-0.15, -0.1) is 0 Å². The molecule has 2 heterocycles. The number of rotatable bonds is 3. The first-order valence-corrected chi connectivity index (χ1v) is 6.97. The van der Waals surface area contributed by atoms with Crippen molar-refractivity contribution in [3.8, 4) is 0 Å². The zero-order valence-electron chi connectivity index (χ0n) is 11.3. The van der Waals surface area contributed by atoms with Gasteiger partial charge in [0.25, 0.3) is 0 Å². The molecular formula is C13H22N2O4. The summed E-state index contributed by atoms with van der Waals surface area (Å²) in [7, 11) is 0. The van der Waals surface area contributed by atoms with Crippen LogP contribution in [0.4, 0.5) is 4.79 Å². The molecule has 2 saturated heterocycles. The summed E-state index contributed by atoms with van der Waals surface area (Å²) in [5.74, 6) is -0.491. The van der Waals surface area contributed by atoms with Gasteiger partial charge in [-0.2, -0.15) is 0 Å². The van der Waals surface area contributed by atoms with Crippen LogP contribution in [0.2, 0.25) is 0 Å². The summed E-state index contributed by atoms with van der Waals surface area (Å²) in [6.07, 6.45) is 3.21. The van der Waals surface area contributed by atoms with Crippen molar-refractivity contribution >= 4 is 12.0 Å². The van der Waals surface area contributed by atoms with Crippen LogP contribution in [-0.2, 0) is 9.53 Å². The lowest BCUT2D eigenvalue weighted by Crippen LogP contribution is -2.50. The minimum atomic E-state index is -0.911. The second-order valence-electron chi connectivity index (χ2n) is 5.38. The number of hydrogen-bond donors (Lipinski definition) is 2. The maximum atomic E-state index is 12.1. The number of nitrogens with one attached hydrogen (secondary N) is 1. The van der Waals surface area contributed by atoms with Gasteiger partial charge >= 0.3 is 12.0 Å². The maximum absolute atomic E-state index is 12.1. The number of carboxylic acid groups (broad SMARTS) is 1. The second-order valence-corrected chi connectivity index (χ2v) is 5.38. The van der Waals surface area contributed by atoms with E-state index in [1.165, 1.54) is 4.90 Å². The van der Waals surface area contributed by atoms with E-state index in [0.29, 0.717) is 18.9 Å². The lowest BCUT2D eigenvalue weighted by Gasteiger charge is -2.30. The normalized spacial score (nSPS) is 26.2. The van der Waals surface area contributed by atoms with E-state index in [0.717, 1.165) is 32.5 Å². The third kappa shape index (κ3) is 3.37. The monoisotopic (exact) mass is 270 g/mol. The van der Waals surface area contributed by atoms with Crippen molar-refractivity contribution < 1.29 is 19.4 Å². The van der Waals surface area contributed by atoms with E-state index >= 15 is 0 Å². The summed E-state index contributed by atoms with van der Waals surface area (Å²) in [5, 5.41) is 12.0. The summed E-state index contributed by atoms with van der Waals surface area (Å²) in [5.41, 5.74) is 0. The number of hydrogen-bond acceptors (Lipinski definition) is 3. The van der Waals surface area contributed by atoms with Gasteiger partial charge in [0.2, 0.25) is 0 Å². The van der Waals surface area contributed by atoms with Gasteiger partial charge in [-0.3, -0.25) is 0 Å². The van der Waals surface area contributed by atoms with Crippen molar-refractivity contribution in [1.29, 1.82) is 0 Å². The largest absolute Gasteiger partial charge is 0.480 e. The Labute approximate surface area is 113 Å². The third-order valence-electron chi connectivity index (χ3n) is 4.12. The van der Waals surface area contributed by atoms with Crippen LogP contribution in [-0.4, -0.2) is 53.8 Å². The summed E-state index contributed by atoms with van der Waals surface area (Å²) in [6.45, 7) is 4.00. The lowest BCUT2D eigenvalue weighted by molar-refractivity contribution is -0.141. The molecule has 0 aromatic heterocycles. The number of amides is 2. The Morgan fingerprint density at radius 1 is 1.32 bits per heavy atom. The molecule has 2 N–H and O–H groups in total. The predicted octanol–water partition coefficient (Wildman–Crippen LogP) is 1.06. The van der Waals surface area contributed by atoms with Gasteiger partial charge in [-0.1, -0.05) is 0 Å². The molecule has 0 aliphatic carbocycles. The molecule has 2 fully saturated rings. The number of nitrogens with zero attached hydrogens (tertiary/aromatic N) is 1. The Morgan fingerprint density at radius 2 is 2.00 bits per heavy atom. The molecule has 2 aliphatic heterocycles. The molecule has 108 valence electrons. The van der Waals surface area contributed by atoms with Gasteiger partial charge < -0.3 is 20.1 Å². The first kappa shape index (κ1) is 14.1. The Balaban J connectivity index is 1.87. The summed E-state index contributed by atoms with van der Waals surface area (Å²) in [6, 6.07) is -0.850. The first-order chi connectivity index (χ1) is 9.09. The number of likely N-dealkylation sites (tertiary alicyclic amines) is 1. The fourth-order valence-corrected chi connectivity index (χ4v) is 2.88. The van der Waals surface area contributed by atoms with E-state index in [1.54, 1.807) is 0 Å². The Hall–Kier alpha value is -1.30. The van der Waals surface area contributed by atoms with Crippen LogP contribution in [0.1, 0.15) is 32.6 Å². The number of carbonyl (C=O) groups excluding carboxylic acids is 1. The summed E-state index contributed by atoms with van der Waals surface area (Å²) in [4.78, 5) is 24.6. The quantitative estimate of drug-likeness (QED) is 0.803. The SMILES string of the molecule is CC(NC(=O)N1CCCC1C(=O)O)C1CCOCC1. The molecule has 0 aromatic carbocycles. The van der Waals surface area contributed by atoms with Crippen LogP contribution >= 0.6 is 0 Å². The molecule has 2 unspecified atom stereocenters. The molecule has 19 heavy (non-hydrogen) atoms. The summed E-state index contributed by atoms with van der Waals surface area (Å²) >= 11 is 0. The zero-order valence-corrected chi connectivity index (χ0v) is 11.3. The minimum Gasteiger partial charge on any atom is -0.480 e. The van der Waals surface area contributed by atoms with E-state index in [-0.39, 0.29) is 12.1 Å². The second kappa shape index (κ2) is 6.23. The van der Waals surface area contributed by atoms with Gasteiger partial charge in [0.15, 0.2) is 0 Å². The average Bonchev–Trinajstić information content (AvgIpc) is 2.89. The van der Waals surface area contributed by atoms with Crippen LogP contribution in [0, 0.1) is 5.92 Å². The Bertz CT molecular complexity index is 342. The van der Waals surface area contributed by atoms with Crippen LogP contribution in [0.15, 0.2) is 0 Å². The molecule has 0 spiro atoms. The molecule has 2 amide bonds. The van der Waals surface area contributed by atoms with E-state index < -0.39 is 12.0 Å². The van der Waals surface area contributed by atoms with E-state index in [2.05, 4.69) is 5.32 Å². The van der Waals surface area contributed by atoms with Crippen molar-refractivity contribution in [2.45, 2.75) is 44.7 Å². The fraction of sp³-hybridized carbons (Fsp3) is 0.846. The fourth-order valence-electron chi connectivity index (χ4n) is 2.88. The van der Waals surface area contributed by atoms with E-state index in [1.807, 2.05) is 6.92 Å². The molecule has 6 nitrogen and oxygen atoms in total. The van der Waals surface area contributed by atoms with Crippen molar-refractivity contribution in [3.63, 3.8) is 0 Å². The molecule has 2 rings (SSSR count). The smallest absolute Gasteiger partial charge is 0.326 e. The van der Waals surface area contributed by atoms with Gasteiger partial charge in [0.1, 0.15) is 6.04 Å². The van der Waals surface area contributed by atoms with Crippen LogP contribution < -0.4 is 5.32 Å². The van der Waals surface area contributed by atoms with Crippen LogP contribution in [0.25, 0.3) is 0 Å². The molecule has 2 atom stereocenters. The predicted molar refractivity (Wildman–Crippen MR) is 68.9 cm³/mol. The summed E-state index contributed by atoms with van der Waals surface area (Å²) < 4.78 is 5.30. The van der Waals surface area contributed by atoms with Crippen molar-refractivity contribution in [2.75, 3.05) is 19.8 Å². The van der Waals surface area contributed by atoms with Crippen molar-refractivity contribution in [1.82, 2.24) is 10.2 Å². The van der Waals surface area contributed by atoms with Crippen molar-refractivity contribution in [3.05, 3.63) is 0 Å². The minimum absolute atomic E-state index is 0.0615. The average molecular weight is 270 g/mol. The topological polar surface area (TPSA) is 78.9 Å². The number of aliphatic carboxylic acids is 1. The number of urea groups is 1. The van der Waals surface area contributed by atoms with E-state index in [4.69, 9.17) is 9.84 Å². The lowest BCUT2D eigenvalue weighted by atomic mass is 9.93. The van der Waals surface area contributed by atoms with Gasteiger partial charge in [-0.05, 0) is 38.5 Å². The molecule has 2 aliphatic rings. The number of ether oxygens (including phenoxy) is 1. The van der Waals surface area contributed by atoms with Gasteiger partial charge in [0, 0.05) is 25.8 Å². The Morgan fingerprint density at radius 3 is 2.63 bits per heavy atom. The molecule has 0 aromatic rings.